The zero-order valence-corrected chi connectivity index (χ0v) is 16.6. The van der Waals surface area contributed by atoms with E-state index in [0.29, 0.717) is 23.8 Å². The predicted octanol–water partition coefficient (Wildman–Crippen LogP) is 4.18. The minimum Gasteiger partial charge on any atom is -0.339 e. The molecule has 0 unspecified atom stereocenters. The molecule has 29 heavy (non-hydrogen) atoms. The Morgan fingerprint density at radius 1 is 0.966 bits per heavy atom. The molecule has 0 saturated heterocycles. The van der Waals surface area contributed by atoms with Crippen molar-refractivity contribution in [1.82, 2.24) is 20.1 Å². The van der Waals surface area contributed by atoms with Gasteiger partial charge in [0.1, 0.15) is 0 Å². The maximum absolute atomic E-state index is 12.3. The lowest BCUT2D eigenvalue weighted by atomic mass is 10.1. The van der Waals surface area contributed by atoms with E-state index in [0.717, 1.165) is 33.5 Å². The summed E-state index contributed by atoms with van der Waals surface area (Å²) in [5, 5.41) is 6.89. The van der Waals surface area contributed by atoms with Gasteiger partial charge in [-0.3, -0.25) is 4.79 Å². The molecule has 0 atom stereocenters. The quantitative estimate of drug-likeness (QED) is 0.552. The molecular weight excluding hydrogens is 366 g/mol. The van der Waals surface area contributed by atoms with Crippen LogP contribution >= 0.6 is 0 Å². The lowest BCUT2D eigenvalue weighted by Crippen LogP contribution is -2.12. The van der Waals surface area contributed by atoms with Crippen molar-refractivity contribution >= 4 is 22.6 Å². The molecule has 0 radical (unpaired) electrons. The summed E-state index contributed by atoms with van der Waals surface area (Å²) in [6.07, 6.45) is 0.614. The number of rotatable bonds is 5. The van der Waals surface area contributed by atoms with Gasteiger partial charge in [0.15, 0.2) is 0 Å². The van der Waals surface area contributed by atoms with Gasteiger partial charge in [-0.05, 0) is 45.0 Å². The first-order chi connectivity index (χ1) is 14.0. The van der Waals surface area contributed by atoms with Crippen LogP contribution in [0.15, 0.2) is 47.0 Å². The second-order valence-corrected chi connectivity index (χ2v) is 7.03. The molecule has 0 aliphatic rings. The molecule has 4 rings (SSSR count). The molecule has 0 aliphatic carbocycles. The normalized spacial score (nSPS) is 11.0. The number of aryl methyl sites for hydroxylation is 4. The number of fused-ring (bicyclic) bond motifs is 1. The van der Waals surface area contributed by atoms with Gasteiger partial charge < -0.3 is 9.84 Å². The smallest absolute Gasteiger partial charge is 0.227 e. The highest BCUT2D eigenvalue weighted by molar-refractivity contribution is 5.93. The summed E-state index contributed by atoms with van der Waals surface area (Å²) in [5.74, 6) is 0.839. The average molecular weight is 387 g/mol. The monoisotopic (exact) mass is 387 g/mol. The van der Waals surface area contributed by atoms with Crippen molar-refractivity contribution in [3.8, 4) is 11.4 Å². The van der Waals surface area contributed by atoms with E-state index in [4.69, 9.17) is 4.52 Å². The number of hydrogen-bond donors (Lipinski definition) is 1. The van der Waals surface area contributed by atoms with Crippen LogP contribution in [0, 0.1) is 20.8 Å². The van der Waals surface area contributed by atoms with Gasteiger partial charge in [0.2, 0.25) is 17.6 Å². The number of benzene rings is 2. The second kappa shape index (κ2) is 7.79. The number of nitrogens with one attached hydrogen (secondary N) is 1. The third-order valence-corrected chi connectivity index (χ3v) is 4.67. The first kappa shape index (κ1) is 18.7. The Morgan fingerprint density at radius 2 is 1.76 bits per heavy atom. The molecule has 7 heteroatoms. The van der Waals surface area contributed by atoms with Crippen molar-refractivity contribution in [3.05, 3.63) is 65.3 Å². The van der Waals surface area contributed by atoms with Crippen molar-refractivity contribution in [2.24, 2.45) is 0 Å². The Kier molecular flexibility index (Phi) is 5.03. The van der Waals surface area contributed by atoms with E-state index in [9.17, 15) is 4.79 Å². The van der Waals surface area contributed by atoms with Gasteiger partial charge in [-0.25, -0.2) is 9.97 Å². The SMILES string of the molecule is Cc1cccc(-c2noc(CCC(=O)Nc3ccc4nc(C)c(C)nc4c3)n2)c1. The maximum Gasteiger partial charge on any atom is 0.227 e. The maximum atomic E-state index is 12.3. The van der Waals surface area contributed by atoms with E-state index in [2.05, 4.69) is 25.4 Å². The molecule has 2 aromatic carbocycles. The number of aromatic nitrogens is 4. The lowest BCUT2D eigenvalue weighted by molar-refractivity contribution is -0.116. The molecule has 0 aliphatic heterocycles. The highest BCUT2D eigenvalue weighted by atomic mass is 16.5. The summed E-state index contributed by atoms with van der Waals surface area (Å²) in [6, 6.07) is 13.4. The second-order valence-electron chi connectivity index (χ2n) is 7.03. The summed E-state index contributed by atoms with van der Waals surface area (Å²) < 4.78 is 5.28. The third-order valence-electron chi connectivity index (χ3n) is 4.67. The average Bonchev–Trinajstić information content (AvgIpc) is 3.17. The van der Waals surface area contributed by atoms with Crippen LogP contribution in [0.1, 0.15) is 29.3 Å². The summed E-state index contributed by atoms with van der Waals surface area (Å²) in [6.45, 7) is 5.86. The lowest BCUT2D eigenvalue weighted by Gasteiger charge is -2.07. The van der Waals surface area contributed by atoms with Crippen LogP contribution in [0.5, 0.6) is 0 Å². The highest BCUT2D eigenvalue weighted by Gasteiger charge is 2.11. The van der Waals surface area contributed by atoms with Crippen LogP contribution in [-0.2, 0) is 11.2 Å². The molecule has 7 nitrogen and oxygen atoms in total. The number of anilines is 1. The zero-order valence-electron chi connectivity index (χ0n) is 16.6. The molecule has 0 fully saturated rings. The number of amides is 1. The molecule has 146 valence electrons. The molecule has 0 spiro atoms. The predicted molar refractivity (Wildman–Crippen MR) is 110 cm³/mol. The van der Waals surface area contributed by atoms with Gasteiger partial charge in [0.05, 0.1) is 22.4 Å². The van der Waals surface area contributed by atoms with Gasteiger partial charge in [-0.2, -0.15) is 4.98 Å². The topological polar surface area (TPSA) is 93.8 Å². The van der Waals surface area contributed by atoms with Gasteiger partial charge in [-0.1, -0.05) is 28.9 Å². The van der Waals surface area contributed by atoms with Crippen LogP contribution < -0.4 is 5.32 Å². The van der Waals surface area contributed by atoms with Crippen LogP contribution in [0.3, 0.4) is 0 Å². The van der Waals surface area contributed by atoms with E-state index in [-0.39, 0.29) is 12.3 Å². The van der Waals surface area contributed by atoms with Gasteiger partial charge in [0, 0.05) is 24.1 Å². The molecule has 1 amide bonds. The first-order valence-corrected chi connectivity index (χ1v) is 9.42. The van der Waals surface area contributed by atoms with Crippen LogP contribution in [0.25, 0.3) is 22.4 Å². The Morgan fingerprint density at radius 3 is 2.55 bits per heavy atom. The van der Waals surface area contributed by atoms with Crippen LogP contribution in [0.4, 0.5) is 5.69 Å². The molecule has 0 bridgehead atoms. The fourth-order valence-corrected chi connectivity index (χ4v) is 3.01. The Balaban J connectivity index is 1.39. The van der Waals surface area contributed by atoms with Crippen LogP contribution in [-0.4, -0.2) is 26.0 Å². The largest absolute Gasteiger partial charge is 0.339 e. The zero-order chi connectivity index (χ0) is 20.4. The van der Waals surface area contributed by atoms with Crippen LogP contribution in [0.2, 0.25) is 0 Å². The molecule has 0 saturated carbocycles. The van der Waals surface area contributed by atoms with E-state index in [1.807, 2.05) is 63.2 Å². The van der Waals surface area contributed by atoms with Gasteiger partial charge in [-0.15, -0.1) is 0 Å². The van der Waals surface area contributed by atoms with Crippen molar-refractivity contribution < 1.29 is 9.32 Å². The Hall–Kier alpha value is -3.61. The minimum absolute atomic E-state index is 0.128. The van der Waals surface area contributed by atoms with E-state index in [1.165, 1.54) is 0 Å². The summed E-state index contributed by atoms with van der Waals surface area (Å²) in [4.78, 5) is 25.7. The Labute approximate surface area is 168 Å². The number of nitrogens with zero attached hydrogens (tertiary/aromatic N) is 4. The third kappa shape index (κ3) is 4.29. The van der Waals surface area contributed by atoms with Crippen molar-refractivity contribution in [2.75, 3.05) is 5.32 Å². The van der Waals surface area contributed by atoms with Crippen molar-refractivity contribution in [2.45, 2.75) is 33.6 Å². The fraction of sp³-hybridized carbons (Fsp3) is 0.227. The number of carbonyl (C=O) groups is 1. The standard InChI is InChI=1S/C22H21N5O2/c1-13-5-4-6-16(11-13)22-26-21(29-27-22)10-9-20(28)25-17-7-8-18-19(12-17)24-15(3)14(2)23-18/h4-8,11-12H,9-10H2,1-3H3,(H,25,28). The summed E-state index contributed by atoms with van der Waals surface area (Å²) in [7, 11) is 0. The minimum atomic E-state index is -0.128. The van der Waals surface area contributed by atoms with E-state index < -0.39 is 0 Å². The Bertz CT molecular complexity index is 1200. The molecule has 2 aromatic heterocycles. The van der Waals surface area contributed by atoms with E-state index in [1.54, 1.807) is 0 Å². The van der Waals surface area contributed by atoms with Crippen molar-refractivity contribution in [1.29, 1.82) is 0 Å². The number of hydrogen-bond acceptors (Lipinski definition) is 6. The summed E-state index contributed by atoms with van der Waals surface area (Å²) >= 11 is 0. The highest BCUT2D eigenvalue weighted by Crippen LogP contribution is 2.19. The first-order valence-electron chi connectivity index (χ1n) is 9.42. The van der Waals surface area contributed by atoms with E-state index >= 15 is 0 Å². The molecule has 2 heterocycles. The molecule has 1 N–H and O–H groups in total. The summed E-state index contributed by atoms with van der Waals surface area (Å²) in [5.41, 5.74) is 6.05. The molecular formula is C22H21N5O2. The number of carbonyl (C=O) groups excluding carboxylic acids is 1. The van der Waals surface area contributed by atoms with Gasteiger partial charge >= 0.3 is 0 Å². The van der Waals surface area contributed by atoms with Gasteiger partial charge in [0.25, 0.3) is 0 Å². The fourth-order valence-electron chi connectivity index (χ4n) is 3.01. The molecule has 4 aromatic rings. The van der Waals surface area contributed by atoms with Crippen molar-refractivity contribution in [3.63, 3.8) is 0 Å².